The SMILES string of the molecule is CN=C(NCc1ccc(C)cc1OCC1CCOC1)NC1C2CCOC2C12CCC2. The van der Waals surface area contributed by atoms with Gasteiger partial charge >= 0.3 is 0 Å². The van der Waals surface area contributed by atoms with Crippen molar-refractivity contribution in [3.05, 3.63) is 29.3 Å². The van der Waals surface area contributed by atoms with Gasteiger partial charge in [0, 0.05) is 55.7 Å². The van der Waals surface area contributed by atoms with Crippen molar-refractivity contribution in [1.82, 2.24) is 10.6 Å². The fraction of sp³-hybridized carbons (Fsp3) is 0.708. The monoisotopic (exact) mass is 413 g/mol. The zero-order valence-corrected chi connectivity index (χ0v) is 18.3. The molecule has 30 heavy (non-hydrogen) atoms. The summed E-state index contributed by atoms with van der Waals surface area (Å²) < 4.78 is 17.7. The van der Waals surface area contributed by atoms with Crippen LogP contribution in [-0.2, 0) is 16.0 Å². The number of hydrogen-bond donors (Lipinski definition) is 2. The number of aliphatic imine (C=N–C) groups is 1. The van der Waals surface area contributed by atoms with E-state index in [9.17, 15) is 0 Å². The van der Waals surface area contributed by atoms with Gasteiger partial charge < -0.3 is 24.8 Å². The van der Waals surface area contributed by atoms with Crippen LogP contribution in [0, 0.1) is 24.2 Å². The maximum absolute atomic E-state index is 6.20. The van der Waals surface area contributed by atoms with Crippen LogP contribution in [0.15, 0.2) is 23.2 Å². The molecular formula is C24H35N3O3. The van der Waals surface area contributed by atoms with Crippen LogP contribution in [0.25, 0.3) is 0 Å². The highest BCUT2D eigenvalue weighted by Gasteiger charge is 2.66. The van der Waals surface area contributed by atoms with Gasteiger partial charge in [0.05, 0.1) is 19.3 Å². The Kier molecular flexibility index (Phi) is 5.63. The standard InChI is InChI=1S/C24H35N3O3/c1-16-4-5-18(20(12-16)30-15-17-6-10-28-14-17)13-26-23(25-2)27-21-19-7-11-29-22(19)24(21)8-3-9-24/h4-5,12,17,19,21-22H,3,6-11,13-15H2,1-2H3,(H2,25,26,27). The smallest absolute Gasteiger partial charge is 0.191 e. The quantitative estimate of drug-likeness (QED) is 0.554. The molecule has 2 aliphatic carbocycles. The van der Waals surface area contributed by atoms with Gasteiger partial charge in [0.2, 0.25) is 0 Å². The van der Waals surface area contributed by atoms with Crippen molar-refractivity contribution in [2.75, 3.05) is 33.5 Å². The first-order valence-electron chi connectivity index (χ1n) is 11.6. The predicted molar refractivity (Wildman–Crippen MR) is 117 cm³/mol. The fourth-order valence-electron chi connectivity index (χ4n) is 5.84. The molecule has 2 N–H and O–H groups in total. The van der Waals surface area contributed by atoms with Gasteiger partial charge in [0.25, 0.3) is 0 Å². The molecule has 5 rings (SSSR count). The van der Waals surface area contributed by atoms with Crippen LogP contribution in [0.5, 0.6) is 5.75 Å². The molecule has 4 aliphatic rings. The Labute approximate surface area is 179 Å². The molecular weight excluding hydrogens is 378 g/mol. The summed E-state index contributed by atoms with van der Waals surface area (Å²) in [6.45, 7) is 6.10. The third-order valence-corrected chi connectivity index (χ3v) is 7.72. The van der Waals surface area contributed by atoms with E-state index in [1.807, 2.05) is 7.05 Å². The van der Waals surface area contributed by atoms with Crippen LogP contribution < -0.4 is 15.4 Å². The molecule has 2 saturated carbocycles. The Morgan fingerprint density at radius 3 is 2.90 bits per heavy atom. The van der Waals surface area contributed by atoms with Crippen LogP contribution in [0.1, 0.15) is 43.2 Å². The maximum atomic E-state index is 6.20. The summed E-state index contributed by atoms with van der Waals surface area (Å²) in [5.41, 5.74) is 2.73. The Balaban J connectivity index is 1.20. The number of ether oxygens (including phenoxy) is 3. The van der Waals surface area contributed by atoms with E-state index in [4.69, 9.17) is 14.2 Å². The third-order valence-electron chi connectivity index (χ3n) is 7.72. The molecule has 6 nitrogen and oxygen atoms in total. The summed E-state index contributed by atoms with van der Waals surface area (Å²) in [7, 11) is 1.86. The minimum Gasteiger partial charge on any atom is -0.493 e. The van der Waals surface area contributed by atoms with Crippen molar-refractivity contribution < 1.29 is 14.2 Å². The highest BCUT2D eigenvalue weighted by molar-refractivity contribution is 5.80. The number of aryl methyl sites for hydroxylation is 1. The van der Waals surface area contributed by atoms with Gasteiger partial charge in [0.15, 0.2) is 5.96 Å². The number of rotatable bonds is 6. The van der Waals surface area contributed by atoms with E-state index < -0.39 is 0 Å². The number of nitrogens with zero attached hydrogens (tertiary/aromatic N) is 1. The van der Waals surface area contributed by atoms with Crippen LogP contribution >= 0.6 is 0 Å². The van der Waals surface area contributed by atoms with Gasteiger partial charge in [-0.05, 0) is 44.2 Å². The molecule has 4 atom stereocenters. The minimum absolute atomic E-state index is 0.347. The van der Waals surface area contributed by atoms with Crippen LogP contribution in [0.2, 0.25) is 0 Å². The van der Waals surface area contributed by atoms with Crippen molar-refractivity contribution in [1.29, 1.82) is 0 Å². The van der Waals surface area contributed by atoms with Crippen molar-refractivity contribution in [2.24, 2.45) is 22.2 Å². The maximum Gasteiger partial charge on any atom is 0.191 e. The summed E-state index contributed by atoms with van der Waals surface area (Å²) in [5.74, 6) is 2.98. The average molecular weight is 414 g/mol. The first-order chi connectivity index (χ1) is 14.7. The molecule has 0 radical (unpaired) electrons. The van der Waals surface area contributed by atoms with E-state index in [2.05, 4.69) is 40.7 Å². The summed E-state index contributed by atoms with van der Waals surface area (Å²) in [6, 6.07) is 6.93. The molecule has 2 saturated heterocycles. The third kappa shape index (κ3) is 3.58. The first kappa shape index (κ1) is 20.1. The summed E-state index contributed by atoms with van der Waals surface area (Å²) in [6.07, 6.45) is 6.62. The van der Waals surface area contributed by atoms with Crippen molar-refractivity contribution in [2.45, 2.75) is 57.7 Å². The van der Waals surface area contributed by atoms with Crippen molar-refractivity contribution in [3.63, 3.8) is 0 Å². The second kappa shape index (κ2) is 8.39. The first-order valence-corrected chi connectivity index (χ1v) is 11.6. The van der Waals surface area contributed by atoms with Gasteiger partial charge in [-0.1, -0.05) is 18.6 Å². The van der Waals surface area contributed by atoms with E-state index in [1.54, 1.807) is 0 Å². The van der Waals surface area contributed by atoms with E-state index >= 15 is 0 Å². The lowest BCUT2D eigenvalue weighted by molar-refractivity contribution is -0.171. The second-order valence-corrected chi connectivity index (χ2v) is 9.53. The molecule has 2 heterocycles. The van der Waals surface area contributed by atoms with Crippen molar-refractivity contribution >= 4 is 5.96 Å². The topological polar surface area (TPSA) is 64.1 Å². The Bertz CT molecular complexity index is 786. The Morgan fingerprint density at radius 1 is 1.27 bits per heavy atom. The zero-order valence-electron chi connectivity index (χ0n) is 18.3. The lowest BCUT2D eigenvalue weighted by atomic mass is 9.46. The van der Waals surface area contributed by atoms with Gasteiger partial charge in [-0.15, -0.1) is 0 Å². The molecule has 0 bridgehead atoms. The number of hydrogen-bond acceptors (Lipinski definition) is 4. The van der Waals surface area contributed by atoms with Crippen LogP contribution in [0.4, 0.5) is 0 Å². The van der Waals surface area contributed by atoms with Crippen molar-refractivity contribution in [3.8, 4) is 5.75 Å². The van der Waals surface area contributed by atoms with Gasteiger partial charge in [-0.2, -0.15) is 0 Å². The molecule has 0 aromatic heterocycles. The zero-order chi connectivity index (χ0) is 20.6. The molecule has 4 unspecified atom stereocenters. The largest absolute Gasteiger partial charge is 0.493 e. The van der Waals surface area contributed by atoms with E-state index in [1.165, 1.54) is 31.2 Å². The highest BCUT2D eigenvalue weighted by atomic mass is 16.5. The van der Waals surface area contributed by atoms with E-state index in [0.29, 0.717) is 35.9 Å². The fourth-order valence-corrected chi connectivity index (χ4v) is 5.84. The molecule has 1 aromatic rings. The lowest BCUT2D eigenvalue weighted by Gasteiger charge is -2.63. The summed E-state index contributed by atoms with van der Waals surface area (Å²) in [4.78, 5) is 4.52. The number of guanidine groups is 1. The average Bonchev–Trinajstić information content (AvgIpc) is 3.37. The molecule has 0 amide bonds. The number of benzene rings is 1. The highest BCUT2D eigenvalue weighted by Crippen LogP contribution is 2.62. The molecule has 1 spiro atoms. The normalized spacial score (nSPS) is 31.7. The molecule has 6 heteroatoms. The second-order valence-electron chi connectivity index (χ2n) is 9.53. The number of fused-ring (bicyclic) bond motifs is 2. The molecule has 4 fully saturated rings. The lowest BCUT2D eigenvalue weighted by Crippen LogP contribution is -2.72. The number of nitrogens with one attached hydrogen (secondary N) is 2. The molecule has 164 valence electrons. The van der Waals surface area contributed by atoms with Crippen LogP contribution in [0.3, 0.4) is 0 Å². The van der Waals surface area contributed by atoms with Gasteiger partial charge in [-0.25, -0.2) is 0 Å². The van der Waals surface area contributed by atoms with Gasteiger partial charge in [-0.3, -0.25) is 4.99 Å². The van der Waals surface area contributed by atoms with E-state index in [0.717, 1.165) is 50.1 Å². The van der Waals surface area contributed by atoms with Gasteiger partial charge in [0.1, 0.15) is 5.75 Å². The molecule has 2 aliphatic heterocycles. The summed E-state index contributed by atoms with van der Waals surface area (Å²) >= 11 is 0. The molecule has 1 aromatic carbocycles. The van der Waals surface area contributed by atoms with E-state index in [-0.39, 0.29) is 0 Å². The Hall–Kier alpha value is -1.79. The Morgan fingerprint density at radius 2 is 2.17 bits per heavy atom. The van der Waals surface area contributed by atoms with Crippen LogP contribution in [-0.4, -0.2) is 51.6 Å². The predicted octanol–water partition coefficient (Wildman–Crippen LogP) is 3.03. The minimum atomic E-state index is 0.347. The summed E-state index contributed by atoms with van der Waals surface area (Å²) in [5, 5.41) is 7.28.